The second-order valence-electron chi connectivity index (χ2n) is 10.9. The van der Waals surface area contributed by atoms with Gasteiger partial charge in [-0.2, -0.15) is 10.2 Å². The molecule has 2 amide bonds. The zero-order valence-corrected chi connectivity index (χ0v) is 24.0. The van der Waals surface area contributed by atoms with Gasteiger partial charge >= 0.3 is 0 Å². The molecule has 2 aliphatic rings. The molecule has 5 heterocycles. The van der Waals surface area contributed by atoms with Gasteiger partial charge in [-0.1, -0.05) is 6.07 Å². The van der Waals surface area contributed by atoms with Crippen molar-refractivity contribution in [2.45, 2.75) is 57.1 Å². The largest absolute Gasteiger partial charge is 0.480 e. The van der Waals surface area contributed by atoms with Crippen LogP contribution in [-0.2, 0) is 14.3 Å². The van der Waals surface area contributed by atoms with Gasteiger partial charge in [-0.25, -0.2) is 19.0 Å². The van der Waals surface area contributed by atoms with Crippen molar-refractivity contribution < 1.29 is 23.5 Å². The maximum Gasteiger partial charge on any atom is 0.262 e. The molecule has 1 fully saturated rings. The van der Waals surface area contributed by atoms with Gasteiger partial charge in [0.2, 0.25) is 0 Å². The van der Waals surface area contributed by atoms with E-state index < -0.39 is 11.4 Å². The van der Waals surface area contributed by atoms with E-state index in [1.165, 1.54) is 10.9 Å². The van der Waals surface area contributed by atoms with Crippen molar-refractivity contribution in [3.63, 3.8) is 0 Å². The number of halogens is 1. The van der Waals surface area contributed by atoms with Crippen LogP contribution in [0.15, 0.2) is 42.9 Å². The molecule has 1 aliphatic carbocycles. The van der Waals surface area contributed by atoms with E-state index in [0.717, 1.165) is 17.5 Å². The predicted molar refractivity (Wildman–Crippen MR) is 154 cm³/mol. The van der Waals surface area contributed by atoms with Crippen molar-refractivity contribution in [2.24, 2.45) is 0 Å². The lowest BCUT2D eigenvalue weighted by molar-refractivity contribution is -0.148. The topological polar surface area (TPSA) is 161 Å². The van der Waals surface area contributed by atoms with Crippen LogP contribution in [0.25, 0.3) is 5.82 Å². The van der Waals surface area contributed by atoms with Crippen LogP contribution in [0.4, 0.5) is 21.7 Å². The molecular weight excluding hydrogens is 557 g/mol. The van der Waals surface area contributed by atoms with Crippen molar-refractivity contribution in [2.75, 3.05) is 24.4 Å². The number of ether oxygens (including phenoxy) is 2. The zero-order valence-electron chi connectivity index (χ0n) is 24.0. The molecule has 43 heavy (non-hydrogen) atoms. The van der Waals surface area contributed by atoms with Crippen LogP contribution >= 0.6 is 0 Å². The molecule has 4 aromatic rings. The number of amides is 2. The number of rotatable bonds is 8. The fraction of sp³-hybridized carbons (Fsp3) is 0.379. The fourth-order valence-corrected chi connectivity index (χ4v) is 5.58. The lowest BCUT2D eigenvalue weighted by atomic mass is 9.76. The molecule has 1 saturated carbocycles. The lowest BCUT2D eigenvalue weighted by Gasteiger charge is -2.38. The van der Waals surface area contributed by atoms with E-state index >= 15 is 0 Å². The van der Waals surface area contributed by atoms with Crippen molar-refractivity contribution >= 4 is 29.1 Å². The molecule has 4 aromatic heterocycles. The molecule has 0 bridgehead atoms. The van der Waals surface area contributed by atoms with Crippen LogP contribution < -0.4 is 20.7 Å². The van der Waals surface area contributed by atoms with E-state index in [1.54, 1.807) is 25.4 Å². The summed E-state index contributed by atoms with van der Waals surface area (Å²) in [6, 6.07) is 6.78. The highest BCUT2D eigenvalue weighted by Crippen LogP contribution is 2.45. The molecular formula is C29H32FN9O4. The third-order valence-corrected chi connectivity index (χ3v) is 7.97. The Morgan fingerprint density at radius 2 is 2.05 bits per heavy atom. The summed E-state index contributed by atoms with van der Waals surface area (Å²) in [5.74, 6) is 1.23. The second kappa shape index (κ2) is 11.4. The minimum absolute atomic E-state index is 0.0243. The molecule has 0 unspecified atom stereocenters. The summed E-state index contributed by atoms with van der Waals surface area (Å²) < 4.78 is 26.4. The Morgan fingerprint density at radius 3 is 2.70 bits per heavy atom. The number of carbonyl (C=O) groups excluding carboxylic acids is 2. The number of aromatic nitrogens is 6. The van der Waals surface area contributed by atoms with E-state index in [9.17, 15) is 14.0 Å². The maximum atomic E-state index is 13.6. The van der Waals surface area contributed by atoms with Gasteiger partial charge in [-0.3, -0.25) is 14.7 Å². The molecule has 0 radical (unpaired) electrons. The van der Waals surface area contributed by atoms with Crippen LogP contribution in [0.2, 0.25) is 0 Å². The van der Waals surface area contributed by atoms with Crippen LogP contribution in [0.3, 0.4) is 0 Å². The molecule has 224 valence electrons. The van der Waals surface area contributed by atoms with Crippen molar-refractivity contribution in [3.8, 4) is 11.6 Å². The average molecular weight is 590 g/mol. The summed E-state index contributed by atoms with van der Waals surface area (Å²) >= 11 is 0. The number of nitrogens with one attached hydrogen (secondary N) is 4. The molecule has 1 aliphatic heterocycles. The molecule has 14 heteroatoms. The first-order valence-corrected chi connectivity index (χ1v) is 14.0. The number of carbonyl (C=O) groups is 2. The van der Waals surface area contributed by atoms with Crippen molar-refractivity contribution in [1.82, 2.24) is 35.3 Å². The number of methoxy groups -OCH3 is 1. The number of pyridine rings is 2. The van der Waals surface area contributed by atoms with Gasteiger partial charge in [0.25, 0.3) is 11.8 Å². The lowest BCUT2D eigenvalue weighted by Crippen LogP contribution is -2.50. The van der Waals surface area contributed by atoms with Crippen molar-refractivity contribution in [1.29, 1.82) is 0 Å². The van der Waals surface area contributed by atoms with Crippen LogP contribution in [0.1, 0.15) is 61.5 Å². The Balaban J connectivity index is 1.15. The minimum atomic E-state index is -1.01. The number of aryl methyl sites for hydroxylation is 1. The molecule has 1 atom stereocenters. The SMILES string of the molecule is CO[C@]1(C(=O)N[C@@H](C)c2ccc(-n3cc(F)cn3)nc2)CC[C@H](c2nc(Nc3cc(C)[nH]n3)cc3c2OCC(=O)N3)CC1. The highest BCUT2D eigenvalue weighted by Gasteiger charge is 2.44. The van der Waals surface area contributed by atoms with Crippen LogP contribution in [-0.4, -0.2) is 61.1 Å². The van der Waals surface area contributed by atoms with E-state index in [-0.39, 0.29) is 30.4 Å². The standard InChI is InChI=1S/C29H32FN9O4/c1-16-10-23(38-37-16)35-22-11-21-27(43-15-25(40)34-21)26(36-22)18-6-8-29(42-3,9-7-18)28(41)33-17(2)19-4-5-24(31-12-19)39-14-20(30)13-32-39/h4-5,10-14,17-18H,6-9,15H2,1-3H3,(H,33,41)(H,34,40)(H2,35,36,37,38)/t17-,18-,29+/m0/s1. The molecule has 0 spiro atoms. The third-order valence-electron chi connectivity index (χ3n) is 7.97. The number of H-pyrrole nitrogens is 1. The van der Waals surface area contributed by atoms with E-state index in [0.29, 0.717) is 60.3 Å². The Labute approximate surface area is 246 Å². The first-order valence-electron chi connectivity index (χ1n) is 14.0. The highest BCUT2D eigenvalue weighted by molar-refractivity contribution is 5.96. The number of hydrogen-bond donors (Lipinski definition) is 4. The van der Waals surface area contributed by atoms with Gasteiger partial charge < -0.3 is 25.4 Å². The summed E-state index contributed by atoms with van der Waals surface area (Å²) in [7, 11) is 1.55. The zero-order chi connectivity index (χ0) is 30.1. The van der Waals surface area contributed by atoms with Gasteiger partial charge in [0, 0.05) is 37.1 Å². The summed E-state index contributed by atoms with van der Waals surface area (Å²) in [5, 5.41) is 20.2. The number of aromatic amines is 1. The minimum Gasteiger partial charge on any atom is -0.480 e. The van der Waals surface area contributed by atoms with Crippen LogP contribution in [0.5, 0.6) is 5.75 Å². The highest BCUT2D eigenvalue weighted by atomic mass is 19.1. The van der Waals surface area contributed by atoms with Crippen molar-refractivity contribution in [3.05, 3.63) is 65.6 Å². The smallest absolute Gasteiger partial charge is 0.262 e. The average Bonchev–Trinajstić information content (AvgIpc) is 3.63. The maximum absolute atomic E-state index is 13.6. The van der Waals surface area contributed by atoms with Gasteiger partial charge in [-0.15, -0.1) is 0 Å². The predicted octanol–water partition coefficient (Wildman–Crippen LogP) is 3.83. The third kappa shape index (κ3) is 5.78. The van der Waals surface area contributed by atoms with Gasteiger partial charge in [0.05, 0.1) is 29.8 Å². The second-order valence-corrected chi connectivity index (χ2v) is 10.9. The van der Waals surface area contributed by atoms with Crippen LogP contribution in [0, 0.1) is 12.7 Å². The summed E-state index contributed by atoms with van der Waals surface area (Å²) in [6.07, 6.45) is 6.16. The number of anilines is 3. The normalized spacial score (nSPS) is 20.5. The molecule has 6 rings (SSSR count). The van der Waals surface area contributed by atoms with Gasteiger partial charge in [0.1, 0.15) is 11.4 Å². The summed E-state index contributed by atoms with van der Waals surface area (Å²) in [6.45, 7) is 3.69. The molecule has 0 saturated heterocycles. The molecule has 4 N–H and O–H groups in total. The summed E-state index contributed by atoms with van der Waals surface area (Å²) in [5.41, 5.74) is 1.93. The molecule has 13 nitrogen and oxygen atoms in total. The first kappa shape index (κ1) is 28.3. The number of hydrogen-bond acceptors (Lipinski definition) is 9. The Kier molecular flexibility index (Phi) is 7.52. The quantitative estimate of drug-likeness (QED) is 0.239. The van der Waals surface area contributed by atoms with E-state index in [4.69, 9.17) is 14.5 Å². The number of fused-ring (bicyclic) bond motifs is 1. The van der Waals surface area contributed by atoms with Gasteiger partial charge in [-0.05, 0) is 51.2 Å². The first-order chi connectivity index (χ1) is 20.7. The van der Waals surface area contributed by atoms with Gasteiger partial charge in [0.15, 0.2) is 29.8 Å². The number of nitrogens with zero attached hydrogens (tertiary/aromatic N) is 5. The monoisotopic (exact) mass is 589 g/mol. The molecule has 0 aromatic carbocycles. The summed E-state index contributed by atoms with van der Waals surface area (Å²) in [4.78, 5) is 34.9. The Morgan fingerprint density at radius 1 is 1.23 bits per heavy atom. The van der Waals surface area contributed by atoms with E-state index in [1.807, 2.05) is 26.0 Å². The fourth-order valence-electron chi connectivity index (χ4n) is 5.58. The van der Waals surface area contributed by atoms with E-state index in [2.05, 4.69) is 36.2 Å². The Bertz CT molecular complexity index is 1640. The Hall–Kier alpha value is -4.85.